The molecule has 0 bridgehead atoms. The molecule has 0 aliphatic rings. The van der Waals surface area contributed by atoms with Crippen LogP contribution in [0.3, 0.4) is 0 Å². The van der Waals surface area contributed by atoms with E-state index in [1.165, 1.54) is 4.90 Å². The summed E-state index contributed by atoms with van der Waals surface area (Å²) in [6.07, 6.45) is 0. The van der Waals surface area contributed by atoms with Gasteiger partial charge in [0, 0.05) is 18.8 Å². The Balaban J connectivity index is 2.88. The van der Waals surface area contributed by atoms with Gasteiger partial charge in [-0.05, 0) is 32.9 Å². The van der Waals surface area contributed by atoms with Crippen molar-refractivity contribution in [1.29, 1.82) is 0 Å². The largest absolute Gasteiger partial charge is 0.465 e. The van der Waals surface area contributed by atoms with Crippen LogP contribution in [0.25, 0.3) is 0 Å². The Kier molecular flexibility index (Phi) is 6.56. The van der Waals surface area contributed by atoms with E-state index in [2.05, 4.69) is 5.32 Å². The number of para-hydroxylation sites is 1. The number of hydrogen-bond acceptors (Lipinski definition) is 4. The number of hydrogen-bond donors (Lipinski definition) is 1. The van der Waals surface area contributed by atoms with Crippen LogP contribution < -0.4 is 5.32 Å². The zero-order valence-electron chi connectivity index (χ0n) is 12.3. The van der Waals surface area contributed by atoms with Crippen molar-refractivity contribution in [3.8, 4) is 0 Å². The van der Waals surface area contributed by atoms with E-state index >= 15 is 0 Å². The number of likely N-dealkylation sites (N-methyl/N-ethyl adjacent to an activating group) is 1. The summed E-state index contributed by atoms with van der Waals surface area (Å²) in [7, 11) is 0. The minimum absolute atomic E-state index is 0.0242. The lowest BCUT2D eigenvalue weighted by atomic mass is 10.1. The molecule has 0 aliphatic carbocycles. The van der Waals surface area contributed by atoms with Crippen molar-refractivity contribution in [2.75, 3.05) is 31.6 Å². The van der Waals surface area contributed by atoms with Crippen molar-refractivity contribution < 1.29 is 14.3 Å². The molecule has 110 valence electrons. The van der Waals surface area contributed by atoms with E-state index in [-0.39, 0.29) is 18.4 Å². The Hall–Kier alpha value is -2.04. The molecule has 1 amide bonds. The van der Waals surface area contributed by atoms with Gasteiger partial charge in [0.15, 0.2) is 0 Å². The summed E-state index contributed by atoms with van der Waals surface area (Å²) in [6, 6.07) is 7.30. The van der Waals surface area contributed by atoms with Gasteiger partial charge in [0.1, 0.15) is 6.54 Å². The van der Waals surface area contributed by atoms with Crippen LogP contribution in [0.5, 0.6) is 0 Å². The second-order valence-electron chi connectivity index (χ2n) is 4.20. The minimum atomic E-state index is -0.386. The predicted molar refractivity (Wildman–Crippen MR) is 78.8 cm³/mol. The summed E-state index contributed by atoms with van der Waals surface area (Å²) in [5.41, 5.74) is 1.35. The highest BCUT2D eigenvalue weighted by Crippen LogP contribution is 2.17. The molecule has 0 heterocycles. The molecule has 0 spiro atoms. The van der Waals surface area contributed by atoms with Gasteiger partial charge >= 0.3 is 5.97 Å². The van der Waals surface area contributed by atoms with E-state index in [0.717, 1.165) is 12.2 Å². The molecule has 0 unspecified atom stereocenters. The van der Waals surface area contributed by atoms with Crippen molar-refractivity contribution in [2.24, 2.45) is 0 Å². The molecule has 5 heteroatoms. The summed E-state index contributed by atoms with van der Waals surface area (Å²) < 4.78 is 4.89. The van der Waals surface area contributed by atoms with Gasteiger partial charge in [-0.2, -0.15) is 0 Å². The molecule has 0 saturated heterocycles. The fraction of sp³-hybridized carbons (Fsp3) is 0.467. The summed E-state index contributed by atoms with van der Waals surface area (Å²) in [5.74, 6) is -0.555. The van der Waals surface area contributed by atoms with Gasteiger partial charge in [0.25, 0.3) is 5.91 Å². The molecule has 0 aliphatic heterocycles. The third-order valence-electron chi connectivity index (χ3n) is 2.82. The van der Waals surface area contributed by atoms with Gasteiger partial charge in [0.05, 0.1) is 12.2 Å². The summed E-state index contributed by atoms with van der Waals surface area (Å²) >= 11 is 0. The maximum absolute atomic E-state index is 12.5. The Bertz CT molecular complexity index is 460. The van der Waals surface area contributed by atoms with Gasteiger partial charge < -0.3 is 15.0 Å². The van der Waals surface area contributed by atoms with Crippen molar-refractivity contribution >= 4 is 17.6 Å². The lowest BCUT2D eigenvalue weighted by Crippen LogP contribution is -2.36. The molecule has 5 nitrogen and oxygen atoms in total. The first-order chi connectivity index (χ1) is 9.63. The molecule has 1 rings (SSSR count). The van der Waals surface area contributed by atoms with E-state index in [1.807, 2.05) is 32.0 Å². The lowest BCUT2D eigenvalue weighted by molar-refractivity contribution is -0.143. The first kappa shape index (κ1) is 16.0. The van der Waals surface area contributed by atoms with Crippen molar-refractivity contribution in [1.82, 2.24) is 4.90 Å². The second kappa shape index (κ2) is 8.19. The van der Waals surface area contributed by atoms with Crippen molar-refractivity contribution in [3.63, 3.8) is 0 Å². The topological polar surface area (TPSA) is 58.6 Å². The predicted octanol–water partition coefficient (Wildman–Crippen LogP) is 2.14. The molecule has 0 saturated carbocycles. The quantitative estimate of drug-likeness (QED) is 0.776. The van der Waals surface area contributed by atoms with Gasteiger partial charge in [-0.15, -0.1) is 0 Å². The molecule has 1 N–H and O–H groups in total. The Morgan fingerprint density at radius 1 is 1.20 bits per heavy atom. The molecule has 0 aromatic heterocycles. The number of ether oxygens (including phenoxy) is 1. The molecular weight excluding hydrogens is 256 g/mol. The van der Waals surface area contributed by atoms with Crippen molar-refractivity contribution in [2.45, 2.75) is 20.8 Å². The number of amides is 1. The number of carbonyl (C=O) groups excluding carboxylic acids is 2. The van der Waals surface area contributed by atoms with Crippen LogP contribution in [0, 0.1) is 0 Å². The van der Waals surface area contributed by atoms with Crippen molar-refractivity contribution in [3.05, 3.63) is 29.8 Å². The van der Waals surface area contributed by atoms with Gasteiger partial charge in [-0.1, -0.05) is 12.1 Å². The minimum Gasteiger partial charge on any atom is -0.465 e. The summed E-state index contributed by atoms with van der Waals surface area (Å²) in [4.78, 5) is 25.5. The van der Waals surface area contributed by atoms with E-state index < -0.39 is 0 Å². The smallest absolute Gasteiger partial charge is 0.325 e. The monoisotopic (exact) mass is 278 g/mol. The first-order valence-corrected chi connectivity index (χ1v) is 6.91. The fourth-order valence-electron chi connectivity index (χ4n) is 1.87. The van der Waals surface area contributed by atoms with Crippen LogP contribution in [0.2, 0.25) is 0 Å². The number of anilines is 1. The Morgan fingerprint density at radius 3 is 2.50 bits per heavy atom. The van der Waals surface area contributed by atoms with Crippen LogP contribution in [0.15, 0.2) is 24.3 Å². The maximum Gasteiger partial charge on any atom is 0.325 e. The molecule has 1 aromatic carbocycles. The third-order valence-corrected chi connectivity index (χ3v) is 2.82. The van der Waals surface area contributed by atoms with Crippen LogP contribution in [0.4, 0.5) is 5.69 Å². The number of rotatable bonds is 7. The third kappa shape index (κ3) is 4.26. The first-order valence-electron chi connectivity index (χ1n) is 6.91. The standard InChI is InChI=1S/C15H22N2O3/c1-4-16-13-10-8-7-9-12(13)15(19)17(5-2)11-14(18)20-6-3/h7-10,16H,4-6,11H2,1-3H3. The zero-order chi connectivity index (χ0) is 15.0. The second-order valence-corrected chi connectivity index (χ2v) is 4.20. The van der Waals surface area contributed by atoms with E-state index in [9.17, 15) is 9.59 Å². The normalized spacial score (nSPS) is 9.95. The van der Waals surface area contributed by atoms with Crippen LogP contribution in [0.1, 0.15) is 31.1 Å². The zero-order valence-corrected chi connectivity index (χ0v) is 12.3. The number of carbonyl (C=O) groups is 2. The average Bonchev–Trinajstić information content (AvgIpc) is 2.45. The lowest BCUT2D eigenvalue weighted by Gasteiger charge is -2.21. The average molecular weight is 278 g/mol. The SMILES string of the molecule is CCNc1ccccc1C(=O)N(CC)CC(=O)OCC. The molecule has 0 atom stereocenters. The summed E-state index contributed by atoms with van der Waals surface area (Å²) in [6.45, 7) is 7.04. The molecule has 0 radical (unpaired) electrons. The highest BCUT2D eigenvalue weighted by molar-refractivity contribution is 6.00. The molecule has 20 heavy (non-hydrogen) atoms. The van der Waals surface area contributed by atoms with Crippen LogP contribution in [-0.2, 0) is 9.53 Å². The van der Waals surface area contributed by atoms with E-state index in [4.69, 9.17) is 4.74 Å². The van der Waals surface area contributed by atoms with Gasteiger partial charge in [-0.25, -0.2) is 0 Å². The van der Waals surface area contributed by atoms with Gasteiger partial charge in [-0.3, -0.25) is 9.59 Å². The van der Waals surface area contributed by atoms with E-state index in [0.29, 0.717) is 18.7 Å². The highest BCUT2D eigenvalue weighted by atomic mass is 16.5. The maximum atomic E-state index is 12.5. The highest BCUT2D eigenvalue weighted by Gasteiger charge is 2.20. The van der Waals surface area contributed by atoms with Crippen LogP contribution in [-0.4, -0.2) is 43.0 Å². The number of nitrogens with zero attached hydrogens (tertiary/aromatic N) is 1. The Morgan fingerprint density at radius 2 is 1.90 bits per heavy atom. The molecule has 0 fully saturated rings. The summed E-state index contributed by atoms with van der Waals surface area (Å²) in [5, 5.41) is 3.15. The fourth-order valence-corrected chi connectivity index (χ4v) is 1.87. The van der Waals surface area contributed by atoms with Gasteiger partial charge in [0.2, 0.25) is 0 Å². The Labute approximate surface area is 119 Å². The van der Waals surface area contributed by atoms with E-state index in [1.54, 1.807) is 13.0 Å². The number of nitrogens with one attached hydrogen (secondary N) is 1. The number of esters is 1. The van der Waals surface area contributed by atoms with Crippen LogP contribution >= 0.6 is 0 Å². The number of benzene rings is 1. The molecular formula is C15H22N2O3. The molecule has 1 aromatic rings.